The third-order valence-electron chi connectivity index (χ3n) is 6.43. The van der Waals surface area contributed by atoms with Crippen LogP contribution in [0.25, 0.3) is 0 Å². The minimum atomic E-state index is 0.149. The molecular formula is C26H35N3O3. The minimum absolute atomic E-state index is 0.149. The van der Waals surface area contributed by atoms with Crippen LogP contribution >= 0.6 is 0 Å². The average Bonchev–Trinajstić information content (AvgIpc) is 3.50. The van der Waals surface area contributed by atoms with Crippen molar-refractivity contribution in [3.63, 3.8) is 0 Å². The number of rotatable bonds is 9. The molecule has 0 spiro atoms. The Balaban J connectivity index is 1.32. The van der Waals surface area contributed by atoms with Gasteiger partial charge in [-0.1, -0.05) is 19.1 Å². The van der Waals surface area contributed by atoms with E-state index >= 15 is 0 Å². The van der Waals surface area contributed by atoms with Crippen LogP contribution in [0.4, 0.5) is 5.69 Å². The molecule has 2 fully saturated rings. The maximum atomic E-state index is 12.0. The summed E-state index contributed by atoms with van der Waals surface area (Å²) in [5, 5.41) is 0. The van der Waals surface area contributed by atoms with Crippen LogP contribution in [0.1, 0.15) is 49.7 Å². The third-order valence-corrected chi connectivity index (χ3v) is 6.43. The lowest BCUT2D eigenvalue weighted by Gasteiger charge is -2.22. The molecular weight excluding hydrogens is 402 g/mol. The first-order valence-electron chi connectivity index (χ1n) is 11.7. The van der Waals surface area contributed by atoms with Gasteiger partial charge in [-0.3, -0.25) is 4.79 Å². The molecule has 1 saturated carbocycles. The van der Waals surface area contributed by atoms with Gasteiger partial charge in [0.25, 0.3) is 0 Å². The van der Waals surface area contributed by atoms with Crippen molar-refractivity contribution in [3.05, 3.63) is 47.7 Å². The second-order valence-corrected chi connectivity index (χ2v) is 9.50. The van der Waals surface area contributed by atoms with Gasteiger partial charge in [0.05, 0.1) is 13.2 Å². The normalized spacial score (nSPS) is 19.0. The van der Waals surface area contributed by atoms with Gasteiger partial charge in [0.1, 0.15) is 11.9 Å². The smallest absolute Gasteiger partial charge is 0.222 e. The lowest BCUT2D eigenvalue weighted by Crippen LogP contribution is -2.25. The van der Waals surface area contributed by atoms with E-state index in [0.29, 0.717) is 12.3 Å². The zero-order chi connectivity index (χ0) is 22.7. The van der Waals surface area contributed by atoms with Crippen molar-refractivity contribution in [1.29, 1.82) is 0 Å². The van der Waals surface area contributed by atoms with Crippen molar-refractivity contribution in [2.45, 2.75) is 51.6 Å². The van der Waals surface area contributed by atoms with Crippen molar-refractivity contribution in [2.24, 2.45) is 5.92 Å². The second kappa shape index (κ2) is 9.80. The van der Waals surface area contributed by atoms with Crippen LogP contribution in [0.2, 0.25) is 0 Å². The van der Waals surface area contributed by atoms with Crippen LogP contribution in [0, 0.1) is 12.8 Å². The molecule has 1 amide bonds. The van der Waals surface area contributed by atoms with E-state index in [4.69, 9.17) is 9.47 Å². The standard InChI is InChI=1S/C26H35N3O3/c1-18(13-26(30)28(3)4)21-7-9-22(10-8-21)32-23-11-12-29(16-23)24-14-25(27-15-19(24)2)31-17-20-5-6-20/h7-10,14-15,18,20,23H,5-6,11-13,16-17H2,1-4H3/t18-,23?/m1/s1. The number of ether oxygens (including phenoxy) is 2. The summed E-state index contributed by atoms with van der Waals surface area (Å²) in [6.07, 6.45) is 6.11. The predicted octanol–water partition coefficient (Wildman–Crippen LogP) is 4.42. The first-order chi connectivity index (χ1) is 15.4. The monoisotopic (exact) mass is 437 g/mol. The number of pyridine rings is 1. The van der Waals surface area contributed by atoms with Gasteiger partial charge in [0.15, 0.2) is 0 Å². The Morgan fingerprint density at radius 3 is 2.66 bits per heavy atom. The van der Waals surface area contributed by atoms with Gasteiger partial charge in [0.2, 0.25) is 11.8 Å². The molecule has 2 aromatic rings. The van der Waals surface area contributed by atoms with E-state index in [1.807, 2.05) is 18.3 Å². The Morgan fingerprint density at radius 2 is 1.97 bits per heavy atom. The SMILES string of the molecule is Cc1cnc(OCC2CC2)cc1N1CCC(Oc2ccc([C@H](C)CC(=O)N(C)C)cc2)C1. The fourth-order valence-electron chi connectivity index (χ4n) is 4.07. The number of carbonyl (C=O) groups is 1. The number of hydrogen-bond acceptors (Lipinski definition) is 5. The van der Waals surface area contributed by atoms with E-state index in [1.54, 1.807) is 19.0 Å². The summed E-state index contributed by atoms with van der Waals surface area (Å²) >= 11 is 0. The summed E-state index contributed by atoms with van der Waals surface area (Å²) in [6.45, 7) is 6.77. The number of aromatic nitrogens is 1. The van der Waals surface area contributed by atoms with Crippen molar-refractivity contribution < 1.29 is 14.3 Å². The van der Waals surface area contributed by atoms with Crippen molar-refractivity contribution >= 4 is 11.6 Å². The van der Waals surface area contributed by atoms with E-state index < -0.39 is 0 Å². The van der Waals surface area contributed by atoms with E-state index in [0.717, 1.165) is 48.9 Å². The van der Waals surface area contributed by atoms with Gasteiger partial charge in [-0.25, -0.2) is 4.98 Å². The second-order valence-electron chi connectivity index (χ2n) is 9.50. The van der Waals surface area contributed by atoms with Gasteiger partial charge in [-0.15, -0.1) is 0 Å². The van der Waals surface area contributed by atoms with E-state index in [-0.39, 0.29) is 17.9 Å². The lowest BCUT2D eigenvalue weighted by atomic mass is 9.97. The summed E-state index contributed by atoms with van der Waals surface area (Å²) in [4.78, 5) is 20.4. The highest BCUT2D eigenvalue weighted by atomic mass is 16.5. The Hall–Kier alpha value is -2.76. The minimum Gasteiger partial charge on any atom is -0.489 e. The topological polar surface area (TPSA) is 54.9 Å². The first kappa shape index (κ1) is 22.4. The summed E-state index contributed by atoms with van der Waals surface area (Å²) in [6, 6.07) is 10.3. The summed E-state index contributed by atoms with van der Waals surface area (Å²) in [7, 11) is 3.60. The highest BCUT2D eigenvalue weighted by molar-refractivity contribution is 5.76. The molecule has 1 aliphatic carbocycles. The number of amides is 1. The lowest BCUT2D eigenvalue weighted by molar-refractivity contribution is -0.129. The van der Waals surface area contributed by atoms with Gasteiger partial charge >= 0.3 is 0 Å². The Kier molecular flexibility index (Phi) is 6.87. The molecule has 0 bridgehead atoms. The molecule has 1 aliphatic heterocycles. The Labute approximate surface area is 191 Å². The third kappa shape index (κ3) is 5.72. The number of hydrogen-bond donors (Lipinski definition) is 0. The number of aryl methyl sites for hydroxylation is 1. The van der Waals surface area contributed by atoms with Crippen LogP contribution in [0.15, 0.2) is 36.5 Å². The van der Waals surface area contributed by atoms with Crippen molar-refractivity contribution in [2.75, 3.05) is 38.7 Å². The van der Waals surface area contributed by atoms with Crippen molar-refractivity contribution in [1.82, 2.24) is 9.88 Å². The average molecular weight is 438 g/mol. The molecule has 1 aromatic carbocycles. The molecule has 6 nitrogen and oxygen atoms in total. The first-order valence-corrected chi connectivity index (χ1v) is 11.7. The molecule has 2 heterocycles. The predicted molar refractivity (Wildman–Crippen MR) is 127 cm³/mol. The maximum Gasteiger partial charge on any atom is 0.222 e. The highest BCUT2D eigenvalue weighted by Gasteiger charge is 2.26. The molecule has 0 N–H and O–H groups in total. The Morgan fingerprint density at radius 1 is 1.22 bits per heavy atom. The molecule has 6 heteroatoms. The van der Waals surface area contributed by atoms with Gasteiger partial charge in [-0.05, 0) is 54.9 Å². The quantitative estimate of drug-likeness (QED) is 0.581. The van der Waals surface area contributed by atoms with E-state index in [2.05, 4.69) is 41.9 Å². The molecule has 0 radical (unpaired) electrons. The molecule has 32 heavy (non-hydrogen) atoms. The van der Waals surface area contributed by atoms with Crippen LogP contribution in [-0.4, -0.2) is 55.7 Å². The van der Waals surface area contributed by atoms with E-state index in [1.165, 1.54) is 18.5 Å². The zero-order valence-electron chi connectivity index (χ0n) is 19.7. The summed E-state index contributed by atoms with van der Waals surface area (Å²) < 4.78 is 12.2. The summed E-state index contributed by atoms with van der Waals surface area (Å²) in [5.41, 5.74) is 3.51. The van der Waals surface area contributed by atoms with Crippen LogP contribution in [0.5, 0.6) is 11.6 Å². The molecule has 1 saturated heterocycles. The van der Waals surface area contributed by atoms with E-state index in [9.17, 15) is 4.79 Å². The van der Waals surface area contributed by atoms with Gasteiger partial charge in [0, 0.05) is 51.4 Å². The number of nitrogens with zero attached hydrogens (tertiary/aromatic N) is 3. The largest absolute Gasteiger partial charge is 0.489 e. The fourth-order valence-corrected chi connectivity index (χ4v) is 4.07. The van der Waals surface area contributed by atoms with Crippen LogP contribution in [-0.2, 0) is 4.79 Å². The molecule has 172 valence electrons. The van der Waals surface area contributed by atoms with Crippen LogP contribution < -0.4 is 14.4 Å². The molecule has 1 unspecified atom stereocenters. The number of anilines is 1. The molecule has 1 aromatic heterocycles. The maximum absolute atomic E-state index is 12.0. The molecule has 2 atom stereocenters. The number of carbonyl (C=O) groups excluding carboxylic acids is 1. The zero-order valence-corrected chi connectivity index (χ0v) is 19.7. The summed E-state index contributed by atoms with van der Waals surface area (Å²) in [5.74, 6) is 2.66. The Bertz CT molecular complexity index is 924. The highest BCUT2D eigenvalue weighted by Crippen LogP contribution is 2.32. The molecule has 4 rings (SSSR count). The van der Waals surface area contributed by atoms with Crippen LogP contribution in [0.3, 0.4) is 0 Å². The number of benzene rings is 1. The van der Waals surface area contributed by atoms with Gasteiger partial charge < -0.3 is 19.3 Å². The van der Waals surface area contributed by atoms with Gasteiger partial charge in [-0.2, -0.15) is 0 Å². The molecule has 2 aliphatic rings. The van der Waals surface area contributed by atoms with Crippen molar-refractivity contribution in [3.8, 4) is 11.6 Å². The fraction of sp³-hybridized carbons (Fsp3) is 0.538.